The standard InChI is InChI=1S/C17H20BrN/c18-16-3-1-11(2-4-16)10-19-17-14-6-12-5-13(8-14)9-15(17)7-12/h1-4,10,12-15,17H,5-9H2. The van der Waals surface area contributed by atoms with Crippen LogP contribution in [0.4, 0.5) is 0 Å². The molecular weight excluding hydrogens is 298 g/mol. The van der Waals surface area contributed by atoms with Crippen LogP contribution in [0.15, 0.2) is 33.7 Å². The Balaban J connectivity index is 1.52. The van der Waals surface area contributed by atoms with Gasteiger partial charge in [0, 0.05) is 10.7 Å². The van der Waals surface area contributed by atoms with E-state index in [9.17, 15) is 0 Å². The van der Waals surface area contributed by atoms with Crippen molar-refractivity contribution in [3.05, 3.63) is 34.3 Å². The minimum atomic E-state index is 0.622. The van der Waals surface area contributed by atoms with Crippen LogP contribution in [0.1, 0.15) is 37.7 Å². The summed E-state index contributed by atoms with van der Waals surface area (Å²) in [5.74, 6) is 3.87. The van der Waals surface area contributed by atoms with Crippen LogP contribution in [0.3, 0.4) is 0 Å². The van der Waals surface area contributed by atoms with E-state index in [-0.39, 0.29) is 0 Å². The van der Waals surface area contributed by atoms with Gasteiger partial charge in [-0.05, 0) is 73.5 Å². The van der Waals surface area contributed by atoms with Crippen LogP contribution in [-0.2, 0) is 0 Å². The highest BCUT2D eigenvalue weighted by molar-refractivity contribution is 9.10. The fourth-order valence-corrected chi connectivity index (χ4v) is 5.13. The Labute approximate surface area is 123 Å². The van der Waals surface area contributed by atoms with E-state index in [1.165, 1.54) is 37.7 Å². The van der Waals surface area contributed by atoms with Gasteiger partial charge in [0.15, 0.2) is 0 Å². The number of hydrogen-bond acceptors (Lipinski definition) is 1. The van der Waals surface area contributed by atoms with E-state index in [0.29, 0.717) is 6.04 Å². The summed E-state index contributed by atoms with van der Waals surface area (Å²) in [6, 6.07) is 9.10. The molecule has 1 nitrogen and oxygen atoms in total. The van der Waals surface area contributed by atoms with Crippen molar-refractivity contribution < 1.29 is 0 Å². The molecule has 1 aromatic carbocycles. The maximum Gasteiger partial charge on any atom is 0.0556 e. The topological polar surface area (TPSA) is 12.4 Å². The lowest BCUT2D eigenvalue weighted by Crippen LogP contribution is -2.47. The minimum Gasteiger partial charge on any atom is -0.289 e. The molecule has 1 aromatic rings. The summed E-state index contributed by atoms with van der Waals surface area (Å²) in [5.41, 5.74) is 1.23. The lowest BCUT2D eigenvalue weighted by molar-refractivity contribution is 0.00146. The SMILES string of the molecule is Brc1ccc(C=NC2C3CC4CC(C3)CC2C4)cc1. The third kappa shape index (κ3) is 2.29. The average molecular weight is 318 g/mol. The predicted molar refractivity (Wildman–Crippen MR) is 82.6 cm³/mol. The van der Waals surface area contributed by atoms with Gasteiger partial charge in [0.05, 0.1) is 6.04 Å². The van der Waals surface area contributed by atoms with Gasteiger partial charge in [0.25, 0.3) is 0 Å². The van der Waals surface area contributed by atoms with Crippen LogP contribution in [0.2, 0.25) is 0 Å². The maximum atomic E-state index is 4.98. The average Bonchev–Trinajstić information content (AvgIpc) is 2.39. The molecule has 0 heterocycles. The molecule has 0 saturated heterocycles. The Morgan fingerprint density at radius 2 is 1.47 bits per heavy atom. The van der Waals surface area contributed by atoms with Crippen molar-refractivity contribution in [2.24, 2.45) is 28.7 Å². The summed E-state index contributed by atoms with van der Waals surface area (Å²) < 4.78 is 1.14. The number of hydrogen-bond donors (Lipinski definition) is 0. The van der Waals surface area contributed by atoms with Gasteiger partial charge in [-0.25, -0.2) is 0 Å². The van der Waals surface area contributed by atoms with Gasteiger partial charge >= 0.3 is 0 Å². The van der Waals surface area contributed by atoms with E-state index in [1.54, 1.807) is 0 Å². The highest BCUT2D eigenvalue weighted by Gasteiger charge is 2.47. The monoisotopic (exact) mass is 317 g/mol. The van der Waals surface area contributed by atoms with Gasteiger partial charge in [-0.1, -0.05) is 28.1 Å². The van der Waals surface area contributed by atoms with Crippen LogP contribution >= 0.6 is 15.9 Å². The highest BCUT2D eigenvalue weighted by atomic mass is 79.9. The number of rotatable bonds is 2. The molecule has 4 aliphatic rings. The maximum absolute atomic E-state index is 4.98. The van der Waals surface area contributed by atoms with Gasteiger partial charge in [0.1, 0.15) is 0 Å². The summed E-state index contributed by atoms with van der Waals surface area (Å²) in [5, 5.41) is 0. The third-order valence-corrected chi connectivity index (χ3v) is 5.97. The zero-order chi connectivity index (χ0) is 12.8. The summed E-state index contributed by atoms with van der Waals surface area (Å²) in [4.78, 5) is 4.98. The molecule has 2 heteroatoms. The van der Waals surface area contributed by atoms with Crippen molar-refractivity contribution in [2.45, 2.75) is 38.1 Å². The fourth-order valence-electron chi connectivity index (χ4n) is 4.86. The quantitative estimate of drug-likeness (QED) is 0.701. The molecule has 0 radical (unpaired) electrons. The first kappa shape index (κ1) is 12.1. The van der Waals surface area contributed by atoms with Gasteiger partial charge in [-0.15, -0.1) is 0 Å². The number of benzene rings is 1. The predicted octanol–water partition coefficient (Wildman–Crippen LogP) is 4.69. The second-order valence-corrected chi connectivity index (χ2v) is 7.67. The van der Waals surface area contributed by atoms with Crippen LogP contribution in [-0.4, -0.2) is 12.3 Å². The molecule has 0 aromatic heterocycles. The molecule has 4 bridgehead atoms. The van der Waals surface area contributed by atoms with Crippen molar-refractivity contribution in [2.75, 3.05) is 0 Å². The van der Waals surface area contributed by atoms with E-state index in [4.69, 9.17) is 4.99 Å². The summed E-state index contributed by atoms with van der Waals surface area (Å²) in [6.45, 7) is 0. The van der Waals surface area contributed by atoms with Crippen LogP contribution in [0.25, 0.3) is 0 Å². The van der Waals surface area contributed by atoms with Gasteiger partial charge in [-0.3, -0.25) is 4.99 Å². The van der Waals surface area contributed by atoms with Gasteiger partial charge in [-0.2, -0.15) is 0 Å². The molecule has 0 unspecified atom stereocenters. The number of halogens is 1. The molecule has 4 saturated carbocycles. The van der Waals surface area contributed by atoms with E-state index < -0.39 is 0 Å². The smallest absolute Gasteiger partial charge is 0.0556 e. The largest absolute Gasteiger partial charge is 0.289 e. The first-order chi connectivity index (χ1) is 9.28. The highest BCUT2D eigenvalue weighted by Crippen LogP contribution is 2.54. The molecule has 0 spiro atoms. The van der Waals surface area contributed by atoms with Crippen molar-refractivity contribution >= 4 is 22.1 Å². The summed E-state index contributed by atoms with van der Waals surface area (Å²) >= 11 is 3.48. The molecule has 19 heavy (non-hydrogen) atoms. The lowest BCUT2D eigenvalue weighted by atomic mass is 9.54. The molecule has 100 valence electrons. The molecule has 0 amide bonds. The Hall–Kier alpha value is -0.630. The molecule has 0 N–H and O–H groups in total. The van der Waals surface area contributed by atoms with Crippen LogP contribution in [0, 0.1) is 23.7 Å². The number of aliphatic imine (C=N–C) groups is 1. The van der Waals surface area contributed by atoms with Crippen molar-refractivity contribution in [3.63, 3.8) is 0 Å². The first-order valence-corrected chi connectivity index (χ1v) is 8.36. The molecular formula is C17H20BrN. The molecule has 0 atom stereocenters. The Morgan fingerprint density at radius 3 is 2.05 bits per heavy atom. The Kier molecular flexibility index (Phi) is 3.02. The fraction of sp³-hybridized carbons (Fsp3) is 0.588. The summed E-state index contributed by atoms with van der Waals surface area (Å²) in [6.07, 6.45) is 9.45. The van der Waals surface area contributed by atoms with Crippen molar-refractivity contribution in [1.29, 1.82) is 0 Å². The second-order valence-electron chi connectivity index (χ2n) is 6.75. The minimum absolute atomic E-state index is 0.622. The molecule has 0 aliphatic heterocycles. The second kappa shape index (κ2) is 4.73. The van der Waals surface area contributed by atoms with E-state index in [2.05, 4.69) is 46.4 Å². The normalized spacial score (nSPS) is 40.2. The Morgan fingerprint density at radius 1 is 0.895 bits per heavy atom. The molecule has 5 rings (SSSR count). The van der Waals surface area contributed by atoms with Crippen molar-refractivity contribution in [3.8, 4) is 0 Å². The van der Waals surface area contributed by atoms with E-state index in [1.807, 2.05) is 0 Å². The van der Waals surface area contributed by atoms with Crippen molar-refractivity contribution in [1.82, 2.24) is 0 Å². The van der Waals surface area contributed by atoms with E-state index >= 15 is 0 Å². The van der Waals surface area contributed by atoms with E-state index in [0.717, 1.165) is 28.1 Å². The summed E-state index contributed by atoms with van der Waals surface area (Å²) in [7, 11) is 0. The molecule has 4 fully saturated rings. The molecule has 4 aliphatic carbocycles. The zero-order valence-electron chi connectivity index (χ0n) is 11.1. The van der Waals surface area contributed by atoms with Gasteiger partial charge < -0.3 is 0 Å². The van der Waals surface area contributed by atoms with Gasteiger partial charge in [0.2, 0.25) is 0 Å². The van der Waals surface area contributed by atoms with Crippen LogP contribution in [0.5, 0.6) is 0 Å². The van der Waals surface area contributed by atoms with Crippen LogP contribution < -0.4 is 0 Å². The zero-order valence-corrected chi connectivity index (χ0v) is 12.7. The number of nitrogens with zero attached hydrogens (tertiary/aromatic N) is 1. The third-order valence-electron chi connectivity index (χ3n) is 5.44. The first-order valence-electron chi connectivity index (χ1n) is 7.56. The lowest BCUT2D eigenvalue weighted by Gasteiger charge is -2.53. The Bertz CT molecular complexity index is 462.